The van der Waals surface area contributed by atoms with E-state index in [1.54, 1.807) is 12.3 Å². The number of amides is 1. The van der Waals surface area contributed by atoms with E-state index in [1.165, 1.54) is 12.1 Å². The molecule has 0 aliphatic rings. The van der Waals surface area contributed by atoms with Gasteiger partial charge in [-0.1, -0.05) is 29.3 Å². The summed E-state index contributed by atoms with van der Waals surface area (Å²) in [6, 6.07) is 6.46. The number of halogens is 2. The molecule has 4 nitrogen and oxygen atoms in total. The van der Waals surface area contributed by atoms with Crippen molar-refractivity contribution in [1.29, 1.82) is 0 Å². The van der Waals surface area contributed by atoms with Crippen molar-refractivity contribution in [3.05, 3.63) is 51.9 Å². The second-order valence-corrected chi connectivity index (χ2v) is 4.45. The number of rotatable bonds is 2. The zero-order valence-corrected chi connectivity index (χ0v) is 11.0. The Morgan fingerprint density at radius 3 is 2.44 bits per heavy atom. The number of nitrogens with zero attached hydrogens (tertiary/aromatic N) is 2. The maximum atomic E-state index is 11.9. The molecule has 0 aromatic carbocycles. The van der Waals surface area contributed by atoms with Gasteiger partial charge in [-0.15, -0.1) is 0 Å². The van der Waals surface area contributed by atoms with E-state index in [-0.39, 0.29) is 16.2 Å². The fourth-order valence-electron chi connectivity index (χ4n) is 1.33. The van der Waals surface area contributed by atoms with Crippen LogP contribution >= 0.6 is 23.2 Å². The SMILES string of the molecule is Cc1ccc(NC(=O)c2cc(Cl)nc(Cl)c2)nc1. The van der Waals surface area contributed by atoms with Crippen LogP contribution in [0.15, 0.2) is 30.5 Å². The maximum absolute atomic E-state index is 11.9. The molecule has 0 bridgehead atoms. The normalized spacial score (nSPS) is 10.2. The van der Waals surface area contributed by atoms with Crippen molar-refractivity contribution < 1.29 is 4.79 Å². The van der Waals surface area contributed by atoms with Crippen LogP contribution in [-0.4, -0.2) is 15.9 Å². The second-order valence-electron chi connectivity index (χ2n) is 3.68. The fourth-order valence-corrected chi connectivity index (χ4v) is 1.79. The number of anilines is 1. The van der Waals surface area contributed by atoms with Gasteiger partial charge in [-0.3, -0.25) is 4.79 Å². The molecule has 2 rings (SSSR count). The van der Waals surface area contributed by atoms with Gasteiger partial charge in [0.05, 0.1) is 0 Å². The third-order valence-electron chi connectivity index (χ3n) is 2.18. The van der Waals surface area contributed by atoms with Gasteiger partial charge in [0.25, 0.3) is 5.91 Å². The Bertz CT molecular complexity index is 564. The quantitative estimate of drug-likeness (QED) is 0.859. The minimum atomic E-state index is -0.336. The molecule has 0 unspecified atom stereocenters. The molecule has 0 spiro atoms. The zero-order valence-electron chi connectivity index (χ0n) is 9.45. The molecule has 92 valence electrons. The van der Waals surface area contributed by atoms with Crippen LogP contribution in [0.2, 0.25) is 10.3 Å². The topological polar surface area (TPSA) is 54.9 Å². The molecular formula is C12H9Cl2N3O. The van der Waals surface area contributed by atoms with Crippen molar-refractivity contribution in [2.45, 2.75) is 6.92 Å². The van der Waals surface area contributed by atoms with E-state index < -0.39 is 0 Å². The summed E-state index contributed by atoms with van der Waals surface area (Å²) in [5.41, 5.74) is 1.35. The molecule has 0 aliphatic heterocycles. The number of pyridine rings is 2. The Morgan fingerprint density at radius 1 is 1.22 bits per heavy atom. The van der Waals surface area contributed by atoms with Crippen LogP contribution in [0.5, 0.6) is 0 Å². The summed E-state index contributed by atoms with van der Waals surface area (Å²) in [5, 5.41) is 2.99. The third kappa shape index (κ3) is 3.18. The Hall–Kier alpha value is -1.65. The second kappa shape index (κ2) is 5.33. The van der Waals surface area contributed by atoms with Crippen LogP contribution in [0.3, 0.4) is 0 Å². The average Bonchev–Trinajstić information content (AvgIpc) is 2.31. The standard InChI is InChI=1S/C12H9Cl2N3O/c1-7-2-3-11(15-6-7)17-12(18)8-4-9(13)16-10(14)5-8/h2-6H,1H3,(H,15,17,18). The van der Waals surface area contributed by atoms with Crippen LogP contribution in [0.1, 0.15) is 15.9 Å². The summed E-state index contributed by atoms with van der Waals surface area (Å²) in [6.45, 7) is 1.92. The van der Waals surface area contributed by atoms with E-state index in [0.717, 1.165) is 5.56 Å². The number of aromatic nitrogens is 2. The van der Waals surface area contributed by atoms with Gasteiger partial charge >= 0.3 is 0 Å². The maximum Gasteiger partial charge on any atom is 0.257 e. The molecule has 18 heavy (non-hydrogen) atoms. The van der Waals surface area contributed by atoms with Gasteiger partial charge in [-0.2, -0.15) is 0 Å². The highest BCUT2D eigenvalue weighted by molar-refractivity contribution is 6.33. The first-order valence-electron chi connectivity index (χ1n) is 5.12. The summed E-state index contributed by atoms with van der Waals surface area (Å²) in [5.74, 6) is 0.132. The minimum Gasteiger partial charge on any atom is -0.307 e. The molecule has 0 aliphatic carbocycles. The molecule has 2 aromatic rings. The molecule has 0 radical (unpaired) electrons. The van der Waals surface area contributed by atoms with Gasteiger partial charge in [-0.05, 0) is 30.7 Å². The number of carbonyl (C=O) groups excluding carboxylic acids is 1. The lowest BCUT2D eigenvalue weighted by Gasteiger charge is -2.05. The molecule has 2 aromatic heterocycles. The van der Waals surface area contributed by atoms with E-state index >= 15 is 0 Å². The lowest BCUT2D eigenvalue weighted by molar-refractivity contribution is 0.102. The molecule has 2 heterocycles. The lowest BCUT2D eigenvalue weighted by Crippen LogP contribution is -2.13. The lowest BCUT2D eigenvalue weighted by atomic mass is 10.2. The summed E-state index contributed by atoms with van der Waals surface area (Å²) in [7, 11) is 0. The molecule has 1 amide bonds. The largest absolute Gasteiger partial charge is 0.307 e. The minimum absolute atomic E-state index is 0.171. The van der Waals surface area contributed by atoms with Crippen LogP contribution < -0.4 is 5.32 Å². The van der Waals surface area contributed by atoms with E-state index in [9.17, 15) is 4.79 Å². The number of nitrogens with one attached hydrogen (secondary N) is 1. The van der Waals surface area contributed by atoms with Crippen molar-refractivity contribution in [3.8, 4) is 0 Å². The van der Waals surface area contributed by atoms with Gasteiger partial charge in [0.2, 0.25) is 0 Å². The highest BCUT2D eigenvalue weighted by Crippen LogP contribution is 2.15. The summed E-state index contributed by atoms with van der Waals surface area (Å²) in [6.07, 6.45) is 1.67. The number of aryl methyl sites for hydroxylation is 1. The van der Waals surface area contributed by atoms with Crippen LogP contribution in [0.25, 0.3) is 0 Å². The Morgan fingerprint density at radius 2 is 1.89 bits per heavy atom. The van der Waals surface area contributed by atoms with E-state index in [4.69, 9.17) is 23.2 Å². The fraction of sp³-hybridized carbons (Fsp3) is 0.0833. The van der Waals surface area contributed by atoms with Crippen molar-refractivity contribution in [3.63, 3.8) is 0 Å². The van der Waals surface area contributed by atoms with Gasteiger partial charge in [-0.25, -0.2) is 9.97 Å². The van der Waals surface area contributed by atoms with E-state index in [2.05, 4.69) is 15.3 Å². The smallest absolute Gasteiger partial charge is 0.257 e. The number of hydrogen-bond donors (Lipinski definition) is 1. The Kier molecular flexibility index (Phi) is 3.79. The molecule has 1 N–H and O–H groups in total. The Balaban J connectivity index is 2.19. The predicted octanol–water partition coefficient (Wildman–Crippen LogP) is 3.34. The van der Waals surface area contributed by atoms with Crippen molar-refractivity contribution in [2.75, 3.05) is 5.32 Å². The molecule has 0 atom stereocenters. The van der Waals surface area contributed by atoms with Crippen LogP contribution in [-0.2, 0) is 0 Å². The monoisotopic (exact) mass is 281 g/mol. The first-order valence-corrected chi connectivity index (χ1v) is 5.87. The molecule has 0 fully saturated rings. The van der Waals surface area contributed by atoms with Gasteiger partial charge in [0, 0.05) is 11.8 Å². The van der Waals surface area contributed by atoms with Crippen molar-refractivity contribution in [1.82, 2.24) is 9.97 Å². The molecule has 0 saturated heterocycles. The number of hydrogen-bond acceptors (Lipinski definition) is 3. The van der Waals surface area contributed by atoms with Gasteiger partial charge < -0.3 is 5.32 Å². The highest BCUT2D eigenvalue weighted by Gasteiger charge is 2.09. The average molecular weight is 282 g/mol. The molecular weight excluding hydrogens is 273 g/mol. The van der Waals surface area contributed by atoms with Gasteiger partial charge in [0.15, 0.2) is 0 Å². The van der Waals surface area contributed by atoms with Crippen LogP contribution in [0.4, 0.5) is 5.82 Å². The molecule has 0 saturated carbocycles. The van der Waals surface area contributed by atoms with E-state index in [1.807, 2.05) is 13.0 Å². The molecule has 6 heteroatoms. The predicted molar refractivity (Wildman–Crippen MR) is 71.2 cm³/mol. The summed E-state index contributed by atoms with van der Waals surface area (Å²) < 4.78 is 0. The van der Waals surface area contributed by atoms with E-state index in [0.29, 0.717) is 11.4 Å². The summed E-state index contributed by atoms with van der Waals surface area (Å²) in [4.78, 5) is 19.8. The van der Waals surface area contributed by atoms with Crippen LogP contribution in [0, 0.1) is 6.92 Å². The van der Waals surface area contributed by atoms with Gasteiger partial charge in [0.1, 0.15) is 16.1 Å². The highest BCUT2D eigenvalue weighted by atomic mass is 35.5. The third-order valence-corrected chi connectivity index (χ3v) is 2.57. The Labute approximate surface area is 114 Å². The van der Waals surface area contributed by atoms with Crippen molar-refractivity contribution in [2.24, 2.45) is 0 Å². The first kappa shape index (κ1) is 12.8. The van der Waals surface area contributed by atoms with Crippen molar-refractivity contribution >= 4 is 34.9 Å². The number of carbonyl (C=O) groups is 1. The summed E-state index contributed by atoms with van der Waals surface area (Å²) >= 11 is 11.5. The first-order chi connectivity index (χ1) is 8.54. The zero-order chi connectivity index (χ0) is 13.1.